The summed E-state index contributed by atoms with van der Waals surface area (Å²) in [4.78, 5) is 23.4. The molecular weight excluding hydrogens is 300 g/mol. The maximum absolute atomic E-state index is 11.9. The first-order valence-electron chi connectivity index (χ1n) is 7.39. The molecule has 22 heavy (non-hydrogen) atoms. The molecule has 0 bridgehead atoms. The maximum atomic E-state index is 11.9. The molecule has 0 fully saturated rings. The van der Waals surface area contributed by atoms with Gasteiger partial charge in [0.1, 0.15) is 5.75 Å². The van der Waals surface area contributed by atoms with Crippen molar-refractivity contribution in [3.05, 3.63) is 24.3 Å². The Morgan fingerprint density at radius 2 is 1.86 bits per heavy atom. The molecule has 0 heterocycles. The van der Waals surface area contributed by atoms with E-state index < -0.39 is 0 Å². The summed E-state index contributed by atoms with van der Waals surface area (Å²) in [7, 11) is 0. The van der Waals surface area contributed by atoms with Crippen LogP contribution >= 0.6 is 11.8 Å². The molecule has 122 valence electrons. The van der Waals surface area contributed by atoms with Crippen LogP contribution in [0.3, 0.4) is 0 Å². The zero-order chi connectivity index (χ0) is 16.4. The number of ether oxygens (including phenoxy) is 1. The summed E-state index contributed by atoms with van der Waals surface area (Å²) < 4.78 is 5.45. The normalized spacial score (nSPS) is 10.4. The Hall–Kier alpha value is -1.69. The predicted octanol–water partition coefficient (Wildman–Crippen LogP) is 2.53. The van der Waals surface area contributed by atoms with Crippen LogP contribution in [0.4, 0.5) is 5.69 Å². The average molecular weight is 324 g/mol. The lowest BCUT2D eigenvalue weighted by Crippen LogP contribution is -2.29. The van der Waals surface area contributed by atoms with Gasteiger partial charge in [0, 0.05) is 6.54 Å². The Labute approximate surface area is 136 Å². The second-order valence-electron chi connectivity index (χ2n) is 5.17. The maximum Gasteiger partial charge on any atom is 0.234 e. The van der Waals surface area contributed by atoms with Crippen molar-refractivity contribution in [3.8, 4) is 5.75 Å². The first-order chi connectivity index (χ1) is 10.5. The number of rotatable bonds is 9. The zero-order valence-corrected chi connectivity index (χ0v) is 14.2. The van der Waals surface area contributed by atoms with E-state index in [9.17, 15) is 9.59 Å². The number of hydrogen-bond donors (Lipinski definition) is 2. The van der Waals surface area contributed by atoms with Gasteiger partial charge < -0.3 is 15.4 Å². The zero-order valence-electron chi connectivity index (χ0n) is 13.3. The van der Waals surface area contributed by atoms with Crippen LogP contribution in [0.15, 0.2) is 24.3 Å². The van der Waals surface area contributed by atoms with E-state index in [0.29, 0.717) is 30.5 Å². The summed E-state index contributed by atoms with van der Waals surface area (Å²) in [6.45, 7) is 7.17. The van der Waals surface area contributed by atoms with Crippen molar-refractivity contribution < 1.29 is 14.3 Å². The average Bonchev–Trinajstić information content (AvgIpc) is 2.47. The first kappa shape index (κ1) is 18.4. The van der Waals surface area contributed by atoms with E-state index in [2.05, 4.69) is 10.6 Å². The Kier molecular flexibility index (Phi) is 8.43. The number of benzene rings is 1. The largest absolute Gasteiger partial charge is 0.492 e. The number of amides is 2. The molecule has 6 heteroatoms. The quantitative estimate of drug-likeness (QED) is 0.732. The van der Waals surface area contributed by atoms with Gasteiger partial charge in [-0.15, -0.1) is 11.8 Å². The van der Waals surface area contributed by atoms with Gasteiger partial charge in [0.05, 0.1) is 23.8 Å². The van der Waals surface area contributed by atoms with E-state index in [-0.39, 0.29) is 23.3 Å². The van der Waals surface area contributed by atoms with Crippen molar-refractivity contribution in [2.45, 2.75) is 20.8 Å². The van der Waals surface area contributed by atoms with Gasteiger partial charge in [0.25, 0.3) is 0 Å². The summed E-state index contributed by atoms with van der Waals surface area (Å²) in [6.07, 6.45) is 0. The predicted molar refractivity (Wildman–Crippen MR) is 91.4 cm³/mol. The lowest BCUT2D eigenvalue weighted by Gasteiger charge is -2.11. The van der Waals surface area contributed by atoms with Gasteiger partial charge >= 0.3 is 0 Å². The van der Waals surface area contributed by atoms with E-state index in [0.717, 1.165) is 0 Å². The van der Waals surface area contributed by atoms with Gasteiger partial charge in [-0.1, -0.05) is 26.0 Å². The molecule has 0 spiro atoms. The minimum absolute atomic E-state index is 0.0405. The highest BCUT2D eigenvalue weighted by molar-refractivity contribution is 8.00. The first-order valence-corrected chi connectivity index (χ1v) is 8.54. The molecule has 1 rings (SSSR count). The van der Waals surface area contributed by atoms with Gasteiger partial charge in [0.15, 0.2) is 0 Å². The molecule has 0 saturated heterocycles. The third-order valence-corrected chi connectivity index (χ3v) is 3.57. The summed E-state index contributed by atoms with van der Waals surface area (Å²) in [6, 6.07) is 7.30. The molecule has 2 amide bonds. The molecular formula is C16H24N2O3S. The lowest BCUT2D eigenvalue weighted by molar-refractivity contribution is -0.118. The van der Waals surface area contributed by atoms with E-state index in [4.69, 9.17) is 4.74 Å². The summed E-state index contributed by atoms with van der Waals surface area (Å²) >= 11 is 1.29. The van der Waals surface area contributed by atoms with Crippen LogP contribution in [0.1, 0.15) is 20.8 Å². The van der Waals surface area contributed by atoms with Crippen LogP contribution in [0.5, 0.6) is 5.75 Å². The highest BCUT2D eigenvalue weighted by atomic mass is 32.2. The molecule has 0 radical (unpaired) electrons. The minimum Gasteiger partial charge on any atom is -0.492 e. The van der Waals surface area contributed by atoms with Gasteiger partial charge in [-0.25, -0.2) is 0 Å². The van der Waals surface area contributed by atoms with Crippen LogP contribution < -0.4 is 15.4 Å². The minimum atomic E-state index is -0.145. The fourth-order valence-electron chi connectivity index (χ4n) is 1.64. The fraction of sp³-hybridized carbons (Fsp3) is 0.500. The molecule has 0 aliphatic carbocycles. The highest BCUT2D eigenvalue weighted by Crippen LogP contribution is 2.23. The molecule has 1 aromatic carbocycles. The van der Waals surface area contributed by atoms with Gasteiger partial charge in [-0.3, -0.25) is 9.59 Å². The molecule has 2 N–H and O–H groups in total. The fourth-order valence-corrected chi connectivity index (χ4v) is 2.29. The van der Waals surface area contributed by atoms with E-state index in [1.165, 1.54) is 11.8 Å². The van der Waals surface area contributed by atoms with Crippen molar-refractivity contribution >= 4 is 29.3 Å². The topological polar surface area (TPSA) is 67.4 Å². The van der Waals surface area contributed by atoms with Crippen molar-refractivity contribution in [1.82, 2.24) is 5.32 Å². The van der Waals surface area contributed by atoms with Crippen LogP contribution in [0.2, 0.25) is 0 Å². The third-order valence-electron chi connectivity index (χ3n) is 2.63. The number of anilines is 1. The van der Waals surface area contributed by atoms with Crippen LogP contribution in [-0.4, -0.2) is 36.5 Å². The van der Waals surface area contributed by atoms with Crippen molar-refractivity contribution in [2.24, 2.45) is 5.92 Å². The van der Waals surface area contributed by atoms with Crippen LogP contribution in [0.25, 0.3) is 0 Å². The Balaban J connectivity index is 2.33. The third kappa shape index (κ3) is 7.36. The molecule has 0 saturated carbocycles. The van der Waals surface area contributed by atoms with E-state index in [1.807, 2.05) is 39.0 Å². The summed E-state index contributed by atoms with van der Waals surface area (Å²) in [5, 5.41) is 5.62. The van der Waals surface area contributed by atoms with Crippen molar-refractivity contribution in [3.63, 3.8) is 0 Å². The molecule has 0 unspecified atom stereocenters. The summed E-state index contributed by atoms with van der Waals surface area (Å²) in [5.74, 6) is 1.41. The Morgan fingerprint density at radius 3 is 2.55 bits per heavy atom. The smallest absolute Gasteiger partial charge is 0.234 e. The number of thioether (sulfide) groups is 1. The van der Waals surface area contributed by atoms with Gasteiger partial charge in [-0.2, -0.15) is 0 Å². The number of carbonyl (C=O) groups is 2. The second-order valence-corrected chi connectivity index (χ2v) is 6.15. The number of hydrogen-bond acceptors (Lipinski definition) is 4. The summed E-state index contributed by atoms with van der Waals surface area (Å²) in [5.41, 5.74) is 0.652. The Bertz CT molecular complexity index is 492. The standard InChI is InChI=1S/C16H24N2O3S/c1-4-21-14-8-6-5-7-13(14)18-16(20)11-22-10-15(19)17-9-12(2)3/h5-8,12H,4,9-11H2,1-3H3,(H,17,19)(H,18,20). The van der Waals surface area contributed by atoms with E-state index >= 15 is 0 Å². The highest BCUT2D eigenvalue weighted by Gasteiger charge is 2.09. The molecule has 1 aromatic rings. The van der Waals surface area contributed by atoms with Gasteiger partial charge in [-0.05, 0) is 25.0 Å². The van der Waals surface area contributed by atoms with Crippen LogP contribution in [0, 0.1) is 5.92 Å². The monoisotopic (exact) mass is 324 g/mol. The van der Waals surface area contributed by atoms with E-state index in [1.54, 1.807) is 6.07 Å². The number of nitrogens with one attached hydrogen (secondary N) is 2. The number of carbonyl (C=O) groups excluding carboxylic acids is 2. The van der Waals surface area contributed by atoms with Gasteiger partial charge in [0.2, 0.25) is 11.8 Å². The van der Waals surface area contributed by atoms with Crippen molar-refractivity contribution in [2.75, 3.05) is 30.0 Å². The van der Waals surface area contributed by atoms with Crippen LogP contribution in [-0.2, 0) is 9.59 Å². The second kappa shape index (κ2) is 10.1. The molecule has 5 nitrogen and oxygen atoms in total. The molecule has 0 aliphatic heterocycles. The molecule has 0 atom stereocenters. The Morgan fingerprint density at radius 1 is 1.18 bits per heavy atom. The molecule has 0 aliphatic rings. The number of para-hydroxylation sites is 2. The van der Waals surface area contributed by atoms with Crippen molar-refractivity contribution in [1.29, 1.82) is 0 Å². The SMILES string of the molecule is CCOc1ccccc1NC(=O)CSCC(=O)NCC(C)C. The molecule has 0 aromatic heterocycles. The lowest BCUT2D eigenvalue weighted by atomic mass is 10.2.